The van der Waals surface area contributed by atoms with Crippen molar-refractivity contribution in [3.05, 3.63) is 30.3 Å². The van der Waals surface area contributed by atoms with Crippen LogP contribution < -0.4 is 5.32 Å². The fourth-order valence-corrected chi connectivity index (χ4v) is 3.20. The molecule has 15 heavy (non-hydrogen) atoms. The molecule has 2 rings (SSSR count). The molecule has 1 aromatic carbocycles. The molecular formula is C10H15N2O2S+. The van der Waals surface area contributed by atoms with Crippen LogP contribution in [0.1, 0.15) is 0 Å². The highest BCUT2D eigenvalue weighted by molar-refractivity contribution is 7.89. The van der Waals surface area contributed by atoms with Crippen LogP contribution in [0.25, 0.3) is 0 Å². The molecule has 1 fully saturated rings. The molecule has 0 bridgehead atoms. The van der Waals surface area contributed by atoms with Crippen molar-refractivity contribution >= 4 is 10.0 Å². The number of nitrogens with two attached hydrogens (primary N) is 1. The molecule has 1 aliphatic heterocycles. The predicted octanol–water partition coefficient (Wildman–Crippen LogP) is -0.746. The summed E-state index contributed by atoms with van der Waals surface area (Å²) in [6.07, 6.45) is 0. The molecule has 2 N–H and O–H groups in total. The van der Waals surface area contributed by atoms with Crippen LogP contribution in [-0.2, 0) is 10.0 Å². The van der Waals surface area contributed by atoms with Crippen LogP contribution in [0.4, 0.5) is 0 Å². The van der Waals surface area contributed by atoms with Crippen LogP contribution >= 0.6 is 0 Å². The summed E-state index contributed by atoms with van der Waals surface area (Å²) < 4.78 is 25.8. The van der Waals surface area contributed by atoms with Crippen molar-refractivity contribution in [1.82, 2.24) is 4.31 Å². The first-order chi connectivity index (χ1) is 7.21. The van der Waals surface area contributed by atoms with Crippen LogP contribution in [-0.4, -0.2) is 38.9 Å². The van der Waals surface area contributed by atoms with Gasteiger partial charge in [-0.2, -0.15) is 4.31 Å². The van der Waals surface area contributed by atoms with Gasteiger partial charge in [-0.25, -0.2) is 8.42 Å². The minimum Gasteiger partial charge on any atom is -0.344 e. The quantitative estimate of drug-likeness (QED) is 0.723. The van der Waals surface area contributed by atoms with E-state index in [1.165, 1.54) is 0 Å². The molecular weight excluding hydrogens is 212 g/mol. The summed E-state index contributed by atoms with van der Waals surface area (Å²) in [5.74, 6) is 0. The zero-order valence-electron chi connectivity index (χ0n) is 8.46. The largest absolute Gasteiger partial charge is 0.344 e. The van der Waals surface area contributed by atoms with Crippen molar-refractivity contribution in [2.24, 2.45) is 0 Å². The molecule has 0 saturated carbocycles. The standard InChI is InChI=1S/C10H14N2O2S/c13-15(14,10-4-2-1-3-5-10)12-8-6-11-7-9-12/h1-5,11H,6-9H2/p+1. The highest BCUT2D eigenvalue weighted by atomic mass is 32.2. The lowest BCUT2D eigenvalue weighted by atomic mass is 10.4. The molecule has 1 heterocycles. The third-order valence-electron chi connectivity index (χ3n) is 2.55. The van der Waals surface area contributed by atoms with Crippen LogP contribution in [0.2, 0.25) is 0 Å². The fraction of sp³-hybridized carbons (Fsp3) is 0.400. The Balaban J connectivity index is 2.26. The van der Waals surface area contributed by atoms with E-state index >= 15 is 0 Å². The SMILES string of the molecule is O=S(=O)(c1ccccc1)N1CC[NH2+]CC1. The Bertz CT molecular complexity index is 410. The van der Waals surface area contributed by atoms with E-state index in [1.54, 1.807) is 28.6 Å². The Morgan fingerprint density at radius 2 is 1.67 bits per heavy atom. The Labute approximate surface area is 90.0 Å². The smallest absolute Gasteiger partial charge is 0.243 e. The monoisotopic (exact) mass is 227 g/mol. The number of nitrogens with zero attached hydrogens (tertiary/aromatic N) is 1. The highest BCUT2D eigenvalue weighted by Crippen LogP contribution is 2.14. The highest BCUT2D eigenvalue weighted by Gasteiger charge is 2.26. The van der Waals surface area contributed by atoms with E-state index in [2.05, 4.69) is 5.32 Å². The average molecular weight is 227 g/mol. The van der Waals surface area contributed by atoms with Gasteiger partial charge in [0.1, 0.15) is 0 Å². The molecule has 82 valence electrons. The van der Waals surface area contributed by atoms with E-state index in [1.807, 2.05) is 6.07 Å². The van der Waals surface area contributed by atoms with E-state index in [4.69, 9.17) is 0 Å². The van der Waals surface area contributed by atoms with Crippen LogP contribution in [0.5, 0.6) is 0 Å². The maximum atomic E-state index is 12.1. The van der Waals surface area contributed by atoms with E-state index in [0.29, 0.717) is 18.0 Å². The minimum atomic E-state index is -3.25. The van der Waals surface area contributed by atoms with Crippen molar-refractivity contribution in [3.8, 4) is 0 Å². The molecule has 4 nitrogen and oxygen atoms in total. The van der Waals surface area contributed by atoms with Gasteiger partial charge in [0.15, 0.2) is 0 Å². The van der Waals surface area contributed by atoms with E-state index < -0.39 is 10.0 Å². The van der Waals surface area contributed by atoms with E-state index in [9.17, 15) is 8.42 Å². The molecule has 0 radical (unpaired) electrons. The van der Waals surface area contributed by atoms with Crippen molar-refractivity contribution in [2.75, 3.05) is 26.2 Å². The summed E-state index contributed by atoms with van der Waals surface area (Å²) in [6, 6.07) is 8.62. The van der Waals surface area contributed by atoms with Crippen molar-refractivity contribution < 1.29 is 13.7 Å². The van der Waals surface area contributed by atoms with E-state index in [0.717, 1.165) is 13.1 Å². The lowest BCUT2D eigenvalue weighted by molar-refractivity contribution is -0.661. The molecule has 0 atom stereocenters. The Morgan fingerprint density at radius 3 is 2.27 bits per heavy atom. The topological polar surface area (TPSA) is 54.0 Å². The molecule has 0 aromatic heterocycles. The lowest BCUT2D eigenvalue weighted by Gasteiger charge is -2.24. The summed E-state index contributed by atoms with van der Waals surface area (Å²) >= 11 is 0. The van der Waals surface area contributed by atoms with Crippen LogP contribution in [0.3, 0.4) is 0 Å². The van der Waals surface area contributed by atoms with Gasteiger partial charge in [-0.05, 0) is 12.1 Å². The second kappa shape index (κ2) is 4.30. The minimum absolute atomic E-state index is 0.395. The molecule has 0 aliphatic carbocycles. The van der Waals surface area contributed by atoms with Crippen molar-refractivity contribution in [1.29, 1.82) is 0 Å². The third-order valence-corrected chi connectivity index (χ3v) is 4.46. The Kier molecular flexibility index (Phi) is 3.04. The maximum absolute atomic E-state index is 12.1. The average Bonchev–Trinajstić information content (AvgIpc) is 2.31. The van der Waals surface area contributed by atoms with E-state index in [-0.39, 0.29) is 0 Å². The van der Waals surface area contributed by atoms with Gasteiger partial charge in [-0.3, -0.25) is 0 Å². The molecule has 0 unspecified atom stereocenters. The molecule has 5 heteroatoms. The van der Waals surface area contributed by atoms with Gasteiger partial charge in [0, 0.05) is 0 Å². The maximum Gasteiger partial charge on any atom is 0.243 e. The number of quaternary nitrogens is 1. The zero-order chi connectivity index (χ0) is 10.7. The second-order valence-corrected chi connectivity index (χ2v) is 5.52. The summed E-state index contributed by atoms with van der Waals surface area (Å²) in [5, 5.41) is 2.14. The summed E-state index contributed by atoms with van der Waals surface area (Å²) in [6.45, 7) is 2.92. The summed E-state index contributed by atoms with van der Waals surface area (Å²) in [7, 11) is -3.25. The number of hydrogen-bond acceptors (Lipinski definition) is 2. The summed E-state index contributed by atoms with van der Waals surface area (Å²) in [5.41, 5.74) is 0. The van der Waals surface area contributed by atoms with Crippen molar-refractivity contribution in [2.45, 2.75) is 4.90 Å². The molecule has 0 spiro atoms. The number of benzene rings is 1. The second-order valence-electron chi connectivity index (χ2n) is 3.58. The molecule has 1 aliphatic rings. The Hall–Kier alpha value is -0.910. The van der Waals surface area contributed by atoms with Gasteiger partial charge in [-0.15, -0.1) is 0 Å². The predicted molar refractivity (Wildman–Crippen MR) is 56.9 cm³/mol. The number of piperazine rings is 1. The number of hydrogen-bond donors (Lipinski definition) is 1. The van der Waals surface area contributed by atoms with Gasteiger partial charge >= 0.3 is 0 Å². The van der Waals surface area contributed by atoms with Gasteiger partial charge in [0.05, 0.1) is 31.1 Å². The van der Waals surface area contributed by atoms with Crippen LogP contribution in [0.15, 0.2) is 35.2 Å². The third kappa shape index (κ3) is 2.19. The van der Waals surface area contributed by atoms with Crippen molar-refractivity contribution in [3.63, 3.8) is 0 Å². The Morgan fingerprint density at radius 1 is 1.07 bits per heavy atom. The first-order valence-corrected chi connectivity index (χ1v) is 6.52. The van der Waals surface area contributed by atoms with Gasteiger partial charge in [0.2, 0.25) is 10.0 Å². The van der Waals surface area contributed by atoms with Gasteiger partial charge < -0.3 is 5.32 Å². The first kappa shape index (κ1) is 10.6. The zero-order valence-corrected chi connectivity index (χ0v) is 9.28. The summed E-state index contributed by atoms with van der Waals surface area (Å²) in [4.78, 5) is 0.395. The normalized spacial score (nSPS) is 18.9. The van der Waals surface area contributed by atoms with Gasteiger partial charge in [-0.1, -0.05) is 18.2 Å². The number of rotatable bonds is 2. The first-order valence-electron chi connectivity index (χ1n) is 5.08. The lowest BCUT2D eigenvalue weighted by Crippen LogP contribution is -2.89. The fourth-order valence-electron chi connectivity index (χ4n) is 1.71. The number of sulfonamides is 1. The molecule has 1 saturated heterocycles. The molecule has 1 aromatic rings. The van der Waals surface area contributed by atoms with Crippen LogP contribution in [0, 0.1) is 0 Å². The van der Waals surface area contributed by atoms with Gasteiger partial charge in [0.25, 0.3) is 0 Å². The molecule has 0 amide bonds.